The summed E-state index contributed by atoms with van der Waals surface area (Å²) >= 11 is 3.59. The zero-order valence-corrected chi connectivity index (χ0v) is 15.7. The van der Waals surface area contributed by atoms with Crippen molar-refractivity contribution in [2.75, 3.05) is 0 Å². The fraction of sp³-hybridized carbons (Fsp3) is 0.263. The van der Waals surface area contributed by atoms with Crippen LogP contribution in [-0.4, -0.2) is 21.1 Å². The van der Waals surface area contributed by atoms with Crippen molar-refractivity contribution in [1.82, 2.24) is 9.55 Å². The van der Waals surface area contributed by atoms with Gasteiger partial charge < -0.3 is 4.74 Å². The van der Waals surface area contributed by atoms with E-state index in [2.05, 4.69) is 51.5 Å². The summed E-state index contributed by atoms with van der Waals surface area (Å²) in [4.78, 5) is 9.46. The van der Waals surface area contributed by atoms with Gasteiger partial charge in [-0.15, -0.1) is 0 Å². The van der Waals surface area contributed by atoms with Crippen LogP contribution in [0.3, 0.4) is 0 Å². The number of benzene rings is 2. The number of imidazole rings is 1. The van der Waals surface area contributed by atoms with Crippen LogP contribution in [0, 0.1) is 13.8 Å². The highest BCUT2D eigenvalue weighted by Crippen LogP contribution is 2.37. The lowest BCUT2D eigenvalue weighted by atomic mass is 10.1. The Morgan fingerprint density at radius 2 is 1.92 bits per heavy atom. The van der Waals surface area contributed by atoms with E-state index in [1.54, 1.807) is 0 Å². The van der Waals surface area contributed by atoms with Crippen LogP contribution in [0.4, 0.5) is 0 Å². The highest BCUT2D eigenvalue weighted by Gasteiger charge is 2.31. The van der Waals surface area contributed by atoms with Crippen molar-refractivity contribution < 1.29 is 4.74 Å². The molecule has 1 aliphatic rings. The number of halogens is 1. The first-order valence-corrected chi connectivity index (χ1v) is 8.68. The molecular weight excluding hydrogens is 366 g/mol. The summed E-state index contributed by atoms with van der Waals surface area (Å²) in [6.07, 6.45) is 1.85. The molecule has 0 bridgehead atoms. The number of hydrogen-bond donors (Lipinski definition) is 0. The maximum absolute atomic E-state index is 6.07. The molecule has 0 saturated heterocycles. The Bertz CT molecular complexity index is 1000. The largest absolute Gasteiger partial charge is 0.465 e. The van der Waals surface area contributed by atoms with Gasteiger partial charge in [-0.3, -0.25) is 4.57 Å². The zero-order valence-electron chi connectivity index (χ0n) is 14.1. The Kier molecular flexibility index (Phi) is 3.32. The minimum Gasteiger partial charge on any atom is -0.465 e. The fourth-order valence-corrected chi connectivity index (χ4v) is 3.50. The Labute approximate surface area is 149 Å². The van der Waals surface area contributed by atoms with Gasteiger partial charge in [0.05, 0.1) is 21.1 Å². The second-order valence-electron chi connectivity index (χ2n) is 6.59. The van der Waals surface area contributed by atoms with Crippen molar-refractivity contribution in [3.63, 3.8) is 0 Å². The molecule has 0 amide bonds. The van der Waals surface area contributed by atoms with Crippen LogP contribution in [0.1, 0.15) is 30.5 Å². The van der Waals surface area contributed by atoms with Gasteiger partial charge >= 0.3 is 0 Å². The van der Waals surface area contributed by atoms with E-state index in [-0.39, 0.29) is 0 Å². The van der Waals surface area contributed by atoms with Crippen molar-refractivity contribution in [2.24, 2.45) is 4.99 Å². The minimum absolute atomic E-state index is 0.636. The molecule has 2 heterocycles. The van der Waals surface area contributed by atoms with Crippen molar-refractivity contribution in [3.8, 4) is 5.75 Å². The molecule has 0 unspecified atom stereocenters. The molecule has 0 saturated carbocycles. The molecule has 0 aliphatic carbocycles. The van der Waals surface area contributed by atoms with Gasteiger partial charge in [-0.05, 0) is 73.0 Å². The Morgan fingerprint density at radius 3 is 2.71 bits per heavy atom. The van der Waals surface area contributed by atoms with Gasteiger partial charge in [-0.25, -0.2) is 9.98 Å². The SMILES string of the molecule is Cc1ccc2c(ncn2C2=NC(C)(C)Oc3c(Br)cccc32)c1C. The van der Waals surface area contributed by atoms with Crippen LogP contribution in [0.5, 0.6) is 5.75 Å². The number of nitrogens with zero attached hydrogens (tertiary/aromatic N) is 3. The van der Waals surface area contributed by atoms with Gasteiger partial charge in [-0.2, -0.15) is 0 Å². The number of hydrogen-bond acceptors (Lipinski definition) is 3. The number of aryl methyl sites for hydroxylation is 2. The van der Waals surface area contributed by atoms with E-state index in [1.807, 2.05) is 38.4 Å². The lowest BCUT2D eigenvalue weighted by molar-refractivity contribution is 0.113. The predicted octanol–water partition coefficient (Wildman–Crippen LogP) is 4.84. The Hall–Kier alpha value is -2.14. The molecule has 24 heavy (non-hydrogen) atoms. The van der Waals surface area contributed by atoms with E-state index in [0.717, 1.165) is 32.7 Å². The van der Waals surface area contributed by atoms with Crippen LogP contribution in [0.15, 0.2) is 46.1 Å². The van der Waals surface area contributed by atoms with E-state index in [0.29, 0.717) is 0 Å². The third-order valence-corrected chi connectivity index (χ3v) is 5.03. The van der Waals surface area contributed by atoms with Crippen molar-refractivity contribution >= 4 is 32.8 Å². The van der Waals surface area contributed by atoms with Gasteiger partial charge in [0.25, 0.3) is 0 Å². The average Bonchev–Trinajstić information content (AvgIpc) is 2.95. The van der Waals surface area contributed by atoms with Crippen molar-refractivity contribution in [3.05, 3.63) is 57.8 Å². The molecule has 0 N–H and O–H groups in total. The van der Waals surface area contributed by atoms with Gasteiger partial charge in [0.2, 0.25) is 0 Å². The van der Waals surface area contributed by atoms with E-state index in [4.69, 9.17) is 9.73 Å². The maximum Gasteiger partial charge on any atom is 0.196 e. The van der Waals surface area contributed by atoms with E-state index >= 15 is 0 Å². The Morgan fingerprint density at radius 1 is 1.12 bits per heavy atom. The molecule has 1 aliphatic heterocycles. The summed E-state index contributed by atoms with van der Waals surface area (Å²) in [7, 11) is 0. The normalized spacial score (nSPS) is 15.8. The van der Waals surface area contributed by atoms with E-state index < -0.39 is 5.72 Å². The molecule has 0 atom stereocenters. The maximum atomic E-state index is 6.07. The second-order valence-corrected chi connectivity index (χ2v) is 7.44. The zero-order chi connectivity index (χ0) is 17.1. The number of aromatic nitrogens is 2. The van der Waals surface area contributed by atoms with Crippen LogP contribution in [0.2, 0.25) is 0 Å². The highest BCUT2D eigenvalue weighted by molar-refractivity contribution is 9.10. The monoisotopic (exact) mass is 383 g/mol. The van der Waals surface area contributed by atoms with E-state index in [1.165, 1.54) is 11.1 Å². The molecule has 4 rings (SSSR count). The molecule has 3 aromatic rings. The lowest BCUT2D eigenvalue weighted by Crippen LogP contribution is -2.34. The minimum atomic E-state index is -0.636. The molecule has 5 heteroatoms. The average molecular weight is 384 g/mol. The number of rotatable bonds is 0. The van der Waals surface area contributed by atoms with Crippen LogP contribution in [-0.2, 0) is 0 Å². The summed E-state index contributed by atoms with van der Waals surface area (Å²) < 4.78 is 9.05. The van der Waals surface area contributed by atoms with Gasteiger partial charge in [0.15, 0.2) is 5.72 Å². The van der Waals surface area contributed by atoms with Crippen molar-refractivity contribution in [1.29, 1.82) is 0 Å². The first-order chi connectivity index (χ1) is 11.4. The van der Waals surface area contributed by atoms with Gasteiger partial charge in [0, 0.05) is 0 Å². The number of ether oxygens (including phenoxy) is 1. The summed E-state index contributed by atoms with van der Waals surface area (Å²) in [5.41, 5.74) is 4.83. The number of aliphatic imine (C=N–C) groups is 1. The standard InChI is InChI=1S/C19H18BrN3O/c1-11-8-9-15-16(12(11)2)21-10-23(15)18-13-6-5-7-14(20)17(13)24-19(3,4)22-18/h5-10H,1-4H3. The molecule has 0 spiro atoms. The van der Waals surface area contributed by atoms with Gasteiger partial charge in [0.1, 0.15) is 17.9 Å². The second kappa shape index (κ2) is 5.18. The van der Waals surface area contributed by atoms with Crippen LogP contribution >= 0.6 is 15.9 Å². The summed E-state index contributed by atoms with van der Waals surface area (Å²) in [6.45, 7) is 8.14. The quantitative estimate of drug-likeness (QED) is 0.557. The third kappa shape index (κ3) is 2.26. The predicted molar refractivity (Wildman–Crippen MR) is 100.0 cm³/mol. The molecule has 0 fully saturated rings. The topological polar surface area (TPSA) is 39.4 Å². The first kappa shape index (κ1) is 15.4. The number of para-hydroxylation sites is 1. The smallest absolute Gasteiger partial charge is 0.196 e. The Balaban J connectivity index is 2.01. The van der Waals surface area contributed by atoms with Crippen LogP contribution < -0.4 is 4.74 Å². The molecule has 2 aromatic carbocycles. The molecule has 1 aromatic heterocycles. The molecule has 0 radical (unpaired) electrons. The summed E-state index contributed by atoms with van der Waals surface area (Å²) in [6, 6.07) is 10.2. The summed E-state index contributed by atoms with van der Waals surface area (Å²) in [5.74, 6) is 1.67. The van der Waals surface area contributed by atoms with Gasteiger partial charge in [-0.1, -0.05) is 12.1 Å². The molecule has 4 nitrogen and oxygen atoms in total. The number of fused-ring (bicyclic) bond motifs is 2. The van der Waals surface area contributed by atoms with Crippen molar-refractivity contribution in [2.45, 2.75) is 33.4 Å². The molecular formula is C19H18BrN3O. The lowest BCUT2D eigenvalue weighted by Gasteiger charge is -2.31. The molecule has 122 valence electrons. The highest BCUT2D eigenvalue weighted by atomic mass is 79.9. The fourth-order valence-electron chi connectivity index (χ4n) is 3.05. The third-order valence-electron chi connectivity index (χ3n) is 4.41. The van der Waals surface area contributed by atoms with E-state index in [9.17, 15) is 0 Å². The first-order valence-electron chi connectivity index (χ1n) is 7.89. The summed E-state index contributed by atoms with van der Waals surface area (Å²) in [5, 5.41) is 0. The van der Waals surface area contributed by atoms with Crippen LogP contribution in [0.25, 0.3) is 11.0 Å².